The molecule has 0 N–H and O–H groups in total. The minimum atomic E-state index is -3.48. The summed E-state index contributed by atoms with van der Waals surface area (Å²) in [6.45, 7) is 4.58. The Balaban J connectivity index is 1.74. The third-order valence-corrected chi connectivity index (χ3v) is 7.67. The summed E-state index contributed by atoms with van der Waals surface area (Å²) in [5, 5.41) is 0. The Morgan fingerprint density at radius 3 is 2.62 bits per heavy atom. The van der Waals surface area contributed by atoms with E-state index in [0.717, 1.165) is 28.0 Å². The first-order valence-corrected chi connectivity index (χ1v) is 10.6. The topological polar surface area (TPSA) is 72.4 Å². The molecule has 1 atom stereocenters. The molecule has 0 unspecified atom stereocenters. The smallest absolute Gasteiger partial charge is 0.317 e. The molecule has 0 amide bonds. The maximum absolute atomic E-state index is 12.7. The zero-order valence-corrected chi connectivity index (χ0v) is 16.6. The Morgan fingerprint density at radius 2 is 2.00 bits per heavy atom. The van der Waals surface area contributed by atoms with Crippen LogP contribution in [0.25, 0.3) is 0 Å². The average molecular weight is 432 g/mol. The number of piperidine rings is 1. The molecule has 2 aromatic rings. The van der Waals surface area contributed by atoms with E-state index >= 15 is 0 Å². The molecule has 1 aliphatic heterocycles. The monoisotopic (exact) mass is 431 g/mol. The Kier molecular flexibility index (Phi) is 5.24. The highest BCUT2D eigenvalue weighted by Gasteiger charge is 2.32. The van der Waals surface area contributed by atoms with Crippen LogP contribution in [0, 0.1) is 13.8 Å². The van der Waals surface area contributed by atoms with Gasteiger partial charge in [0.1, 0.15) is 10.3 Å². The van der Waals surface area contributed by atoms with Crippen molar-refractivity contribution in [3.05, 3.63) is 33.4 Å². The summed E-state index contributed by atoms with van der Waals surface area (Å²) in [4.78, 5) is 8.54. The van der Waals surface area contributed by atoms with Gasteiger partial charge in [-0.3, -0.25) is 0 Å². The molecule has 1 saturated heterocycles. The molecular formula is C15H18BrN3O3S2. The quantitative estimate of drug-likeness (QED) is 0.742. The second kappa shape index (κ2) is 7.07. The molecule has 0 aliphatic carbocycles. The lowest BCUT2D eigenvalue weighted by atomic mass is 10.1. The average Bonchev–Trinajstić information content (AvgIpc) is 2.94. The molecule has 2 aromatic heterocycles. The van der Waals surface area contributed by atoms with E-state index in [1.54, 1.807) is 12.1 Å². The molecule has 3 heterocycles. The van der Waals surface area contributed by atoms with Crippen LogP contribution in [0.2, 0.25) is 0 Å². The molecule has 6 nitrogen and oxygen atoms in total. The zero-order valence-electron chi connectivity index (χ0n) is 13.4. The lowest BCUT2D eigenvalue weighted by Gasteiger charge is -2.31. The normalized spacial score (nSPS) is 19.4. The maximum atomic E-state index is 12.7. The summed E-state index contributed by atoms with van der Waals surface area (Å²) >= 11 is 4.53. The Morgan fingerprint density at radius 1 is 1.29 bits per heavy atom. The molecule has 3 rings (SSSR count). The molecule has 0 aromatic carbocycles. The summed E-state index contributed by atoms with van der Waals surface area (Å²) < 4.78 is 34.0. The second-order valence-corrected chi connectivity index (χ2v) is 10.4. The van der Waals surface area contributed by atoms with Crippen molar-refractivity contribution in [1.29, 1.82) is 0 Å². The van der Waals surface area contributed by atoms with Gasteiger partial charge in [-0.1, -0.05) is 0 Å². The van der Waals surface area contributed by atoms with E-state index in [-0.39, 0.29) is 6.10 Å². The van der Waals surface area contributed by atoms with Gasteiger partial charge in [0, 0.05) is 17.9 Å². The van der Waals surface area contributed by atoms with Gasteiger partial charge in [0.05, 0.1) is 10.3 Å². The third-order valence-electron chi connectivity index (χ3n) is 3.72. The van der Waals surface area contributed by atoms with Crippen LogP contribution in [0.3, 0.4) is 0 Å². The Hall–Kier alpha value is -1.03. The van der Waals surface area contributed by atoms with Crippen molar-refractivity contribution < 1.29 is 13.2 Å². The van der Waals surface area contributed by atoms with E-state index in [4.69, 9.17) is 4.74 Å². The molecule has 24 heavy (non-hydrogen) atoms. The predicted octanol–water partition coefficient (Wildman–Crippen LogP) is 3.15. The second-order valence-electron chi connectivity index (χ2n) is 5.74. The van der Waals surface area contributed by atoms with Crippen molar-refractivity contribution in [2.24, 2.45) is 0 Å². The van der Waals surface area contributed by atoms with Gasteiger partial charge in [-0.15, -0.1) is 11.3 Å². The minimum absolute atomic E-state index is 0.238. The molecule has 130 valence electrons. The summed E-state index contributed by atoms with van der Waals surface area (Å²) in [5.41, 5.74) is 1.67. The van der Waals surface area contributed by atoms with Crippen LogP contribution in [0.4, 0.5) is 0 Å². The van der Waals surface area contributed by atoms with Crippen LogP contribution in [0.1, 0.15) is 24.2 Å². The Bertz CT molecular complexity index is 818. The molecule has 9 heteroatoms. The SMILES string of the molecule is Cc1cc(C)nc(O[C@@H]2CCCN(S(=O)(=O)c3ccc(Br)s3)C2)n1. The number of ether oxygens (including phenoxy) is 1. The van der Waals surface area contributed by atoms with Crippen LogP contribution >= 0.6 is 27.3 Å². The number of thiophene rings is 1. The highest BCUT2D eigenvalue weighted by molar-refractivity contribution is 9.11. The standard InChI is InChI=1S/C15H18BrN3O3S2/c1-10-8-11(2)18-15(17-10)22-12-4-3-7-19(9-12)24(20,21)14-6-5-13(16)23-14/h5-6,8,12H,3-4,7,9H2,1-2H3/t12-/m1/s1. The Labute approximate surface area is 154 Å². The molecule has 1 fully saturated rings. The number of hydrogen-bond acceptors (Lipinski definition) is 6. The van der Waals surface area contributed by atoms with E-state index in [2.05, 4.69) is 25.9 Å². The summed E-state index contributed by atoms with van der Waals surface area (Å²) in [5.74, 6) is 0. The van der Waals surface area contributed by atoms with Crippen LogP contribution < -0.4 is 4.74 Å². The molecule has 0 radical (unpaired) electrons. The summed E-state index contributed by atoms with van der Waals surface area (Å²) in [6.07, 6.45) is 1.30. The third kappa shape index (κ3) is 3.96. The number of nitrogens with zero attached hydrogens (tertiary/aromatic N) is 3. The van der Waals surface area contributed by atoms with E-state index in [9.17, 15) is 8.42 Å². The number of aromatic nitrogens is 2. The highest BCUT2D eigenvalue weighted by Crippen LogP contribution is 2.30. The first-order valence-electron chi connectivity index (χ1n) is 7.59. The minimum Gasteiger partial charge on any atom is -0.459 e. The van der Waals surface area contributed by atoms with Gasteiger partial charge in [0.15, 0.2) is 0 Å². The van der Waals surface area contributed by atoms with Gasteiger partial charge in [0.25, 0.3) is 10.0 Å². The van der Waals surface area contributed by atoms with E-state index < -0.39 is 10.0 Å². The lowest BCUT2D eigenvalue weighted by Crippen LogP contribution is -2.44. The maximum Gasteiger partial charge on any atom is 0.317 e. The molecule has 0 bridgehead atoms. The van der Waals surface area contributed by atoms with Crippen LogP contribution in [-0.2, 0) is 10.0 Å². The molecule has 1 aliphatic rings. The van der Waals surface area contributed by atoms with Crippen LogP contribution in [0.15, 0.2) is 26.2 Å². The van der Waals surface area contributed by atoms with Gasteiger partial charge < -0.3 is 4.74 Å². The highest BCUT2D eigenvalue weighted by atomic mass is 79.9. The van der Waals surface area contributed by atoms with Gasteiger partial charge in [-0.2, -0.15) is 4.31 Å². The van der Waals surface area contributed by atoms with Crippen LogP contribution in [-0.4, -0.2) is 41.9 Å². The van der Waals surface area contributed by atoms with Crippen molar-refractivity contribution in [2.75, 3.05) is 13.1 Å². The van der Waals surface area contributed by atoms with E-state index in [1.165, 1.54) is 15.6 Å². The van der Waals surface area contributed by atoms with Gasteiger partial charge in [0.2, 0.25) is 0 Å². The fourth-order valence-corrected chi connectivity index (χ4v) is 6.35. The molecular weight excluding hydrogens is 414 g/mol. The lowest BCUT2D eigenvalue weighted by molar-refractivity contribution is 0.119. The van der Waals surface area contributed by atoms with Gasteiger partial charge in [-0.05, 0) is 60.8 Å². The molecule has 0 spiro atoms. The number of sulfonamides is 1. The number of aryl methyl sites for hydroxylation is 2. The van der Waals surface area contributed by atoms with Crippen molar-refractivity contribution in [3.63, 3.8) is 0 Å². The van der Waals surface area contributed by atoms with Gasteiger partial charge >= 0.3 is 6.01 Å². The van der Waals surface area contributed by atoms with Crippen molar-refractivity contribution in [1.82, 2.24) is 14.3 Å². The number of rotatable bonds is 4. The first-order chi connectivity index (χ1) is 11.3. The van der Waals surface area contributed by atoms with E-state index in [1.807, 2.05) is 19.9 Å². The van der Waals surface area contributed by atoms with Crippen molar-refractivity contribution in [3.8, 4) is 6.01 Å². The van der Waals surface area contributed by atoms with Crippen molar-refractivity contribution >= 4 is 37.3 Å². The fourth-order valence-electron chi connectivity index (χ4n) is 2.68. The number of halogens is 1. The van der Waals surface area contributed by atoms with E-state index in [0.29, 0.717) is 23.3 Å². The van der Waals surface area contributed by atoms with Gasteiger partial charge in [-0.25, -0.2) is 18.4 Å². The fraction of sp³-hybridized carbons (Fsp3) is 0.467. The largest absolute Gasteiger partial charge is 0.459 e. The summed E-state index contributed by atoms with van der Waals surface area (Å²) in [6, 6.07) is 5.56. The zero-order chi connectivity index (χ0) is 17.3. The van der Waals surface area contributed by atoms with Crippen molar-refractivity contribution in [2.45, 2.75) is 37.0 Å². The molecule has 0 saturated carbocycles. The first kappa shape index (κ1) is 17.8. The summed E-state index contributed by atoms with van der Waals surface area (Å²) in [7, 11) is -3.48. The number of hydrogen-bond donors (Lipinski definition) is 0. The van der Waals surface area contributed by atoms with Crippen LogP contribution in [0.5, 0.6) is 6.01 Å². The predicted molar refractivity (Wildman–Crippen MR) is 95.9 cm³/mol.